The number of aliphatic carboxylic acids is 1. The molecule has 1 aromatic carbocycles. The highest BCUT2D eigenvalue weighted by Crippen LogP contribution is 2.33. The van der Waals surface area contributed by atoms with E-state index < -0.39 is 12.0 Å². The van der Waals surface area contributed by atoms with E-state index in [4.69, 9.17) is 14.6 Å². The molecular formula is C17H20N2O6. The predicted molar refractivity (Wildman–Crippen MR) is 86.5 cm³/mol. The van der Waals surface area contributed by atoms with E-state index in [1.807, 2.05) is 0 Å². The molecule has 2 aliphatic rings. The minimum absolute atomic E-state index is 0.123. The molecule has 25 heavy (non-hydrogen) atoms. The first kappa shape index (κ1) is 17.1. The van der Waals surface area contributed by atoms with Gasteiger partial charge in [-0.1, -0.05) is 0 Å². The van der Waals surface area contributed by atoms with Crippen molar-refractivity contribution in [3.8, 4) is 11.5 Å². The van der Waals surface area contributed by atoms with Gasteiger partial charge in [-0.25, -0.2) is 0 Å². The molecule has 8 heteroatoms. The van der Waals surface area contributed by atoms with Crippen LogP contribution in [0.5, 0.6) is 11.5 Å². The zero-order valence-electron chi connectivity index (χ0n) is 13.9. The molecule has 0 aromatic heterocycles. The molecule has 8 nitrogen and oxygen atoms in total. The highest BCUT2D eigenvalue weighted by molar-refractivity contribution is 5.98. The molecule has 1 saturated heterocycles. The number of ether oxygens (including phenoxy) is 2. The van der Waals surface area contributed by atoms with E-state index in [9.17, 15) is 14.4 Å². The average molecular weight is 348 g/mol. The van der Waals surface area contributed by atoms with Crippen molar-refractivity contribution in [2.24, 2.45) is 0 Å². The standard InChI is InChI=1S/C17H20N2O6/c1-2-18(9-15(20)21)17(23)12-4-3-7-19(12)16(22)11-5-6-13-14(8-11)25-10-24-13/h5-6,8,12H,2-4,7,9-10H2,1H3,(H,20,21). The minimum Gasteiger partial charge on any atom is -0.480 e. The number of amides is 2. The van der Waals surface area contributed by atoms with Gasteiger partial charge in [0.15, 0.2) is 11.5 Å². The van der Waals surface area contributed by atoms with Crippen LogP contribution in [0, 0.1) is 0 Å². The molecule has 2 amide bonds. The Kier molecular flexibility index (Phi) is 4.78. The quantitative estimate of drug-likeness (QED) is 0.851. The highest BCUT2D eigenvalue weighted by atomic mass is 16.7. The van der Waals surface area contributed by atoms with Crippen LogP contribution < -0.4 is 9.47 Å². The number of likely N-dealkylation sites (tertiary alicyclic amines) is 1. The van der Waals surface area contributed by atoms with Crippen molar-refractivity contribution < 1.29 is 29.0 Å². The first-order chi connectivity index (χ1) is 12.0. The molecule has 3 rings (SSSR count). The van der Waals surface area contributed by atoms with E-state index in [1.54, 1.807) is 25.1 Å². The molecule has 2 aliphatic heterocycles. The zero-order valence-corrected chi connectivity index (χ0v) is 13.9. The number of benzene rings is 1. The van der Waals surface area contributed by atoms with Crippen LogP contribution in [0.4, 0.5) is 0 Å². The van der Waals surface area contributed by atoms with Crippen LogP contribution >= 0.6 is 0 Å². The Morgan fingerprint density at radius 2 is 2.04 bits per heavy atom. The fourth-order valence-corrected chi connectivity index (χ4v) is 3.18. The molecule has 134 valence electrons. The monoisotopic (exact) mass is 348 g/mol. The summed E-state index contributed by atoms with van der Waals surface area (Å²) in [5.74, 6) is -0.558. The number of carbonyl (C=O) groups is 3. The first-order valence-electron chi connectivity index (χ1n) is 8.22. The Bertz CT molecular complexity index is 704. The number of carbonyl (C=O) groups excluding carboxylic acids is 2. The van der Waals surface area contributed by atoms with E-state index in [0.29, 0.717) is 36.4 Å². The fraction of sp³-hybridized carbons (Fsp3) is 0.471. The van der Waals surface area contributed by atoms with Crippen LogP contribution in [-0.4, -0.2) is 65.2 Å². The maximum atomic E-state index is 12.8. The van der Waals surface area contributed by atoms with Crippen molar-refractivity contribution in [3.05, 3.63) is 23.8 Å². The Labute approximate surface area is 144 Å². The van der Waals surface area contributed by atoms with Crippen LogP contribution in [0.3, 0.4) is 0 Å². The summed E-state index contributed by atoms with van der Waals surface area (Å²) in [5.41, 5.74) is 0.422. The third-order valence-corrected chi connectivity index (χ3v) is 4.44. The van der Waals surface area contributed by atoms with Gasteiger partial charge in [0.2, 0.25) is 12.7 Å². The number of carboxylic acids is 1. The fourth-order valence-electron chi connectivity index (χ4n) is 3.18. The third-order valence-electron chi connectivity index (χ3n) is 4.44. The minimum atomic E-state index is -1.07. The van der Waals surface area contributed by atoms with Crippen LogP contribution in [0.2, 0.25) is 0 Å². The second kappa shape index (κ2) is 7.00. The van der Waals surface area contributed by atoms with Gasteiger partial charge in [0.05, 0.1) is 0 Å². The Morgan fingerprint density at radius 3 is 2.76 bits per heavy atom. The van der Waals surface area contributed by atoms with E-state index in [1.165, 1.54) is 9.80 Å². The summed E-state index contributed by atoms with van der Waals surface area (Å²) in [5, 5.41) is 8.95. The van der Waals surface area contributed by atoms with Gasteiger partial charge >= 0.3 is 5.97 Å². The van der Waals surface area contributed by atoms with Crippen molar-refractivity contribution in [1.82, 2.24) is 9.80 Å². The van der Waals surface area contributed by atoms with Crippen molar-refractivity contribution in [1.29, 1.82) is 0 Å². The lowest BCUT2D eigenvalue weighted by Gasteiger charge is -2.29. The van der Waals surface area contributed by atoms with E-state index in [-0.39, 0.29) is 31.7 Å². The lowest BCUT2D eigenvalue weighted by Crippen LogP contribution is -2.49. The molecule has 1 atom stereocenters. The van der Waals surface area contributed by atoms with E-state index >= 15 is 0 Å². The molecule has 1 aromatic rings. The normalized spacial score (nSPS) is 18.3. The number of carboxylic acid groups (broad SMARTS) is 1. The van der Waals surface area contributed by atoms with E-state index in [2.05, 4.69) is 0 Å². The molecule has 0 radical (unpaired) electrons. The summed E-state index contributed by atoms with van der Waals surface area (Å²) in [7, 11) is 0. The second-order valence-corrected chi connectivity index (χ2v) is 5.97. The predicted octanol–water partition coefficient (Wildman–Crippen LogP) is 0.953. The number of hydrogen-bond acceptors (Lipinski definition) is 5. The van der Waals surface area contributed by atoms with Crippen molar-refractivity contribution in [2.45, 2.75) is 25.8 Å². The second-order valence-electron chi connectivity index (χ2n) is 5.97. The number of nitrogens with zero attached hydrogens (tertiary/aromatic N) is 2. The molecule has 2 heterocycles. The Balaban J connectivity index is 1.77. The van der Waals surface area contributed by atoms with Gasteiger partial charge in [-0.3, -0.25) is 14.4 Å². The van der Waals surface area contributed by atoms with Crippen LogP contribution in [0.15, 0.2) is 18.2 Å². The van der Waals surface area contributed by atoms with Crippen LogP contribution in [-0.2, 0) is 9.59 Å². The Morgan fingerprint density at radius 1 is 1.28 bits per heavy atom. The smallest absolute Gasteiger partial charge is 0.323 e. The lowest BCUT2D eigenvalue weighted by atomic mass is 10.1. The number of likely N-dealkylation sites (N-methyl/N-ethyl adjacent to an activating group) is 1. The largest absolute Gasteiger partial charge is 0.480 e. The van der Waals surface area contributed by atoms with E-state index in [0.717, 1.165) is 0 Å². The third kappa shape index (κ3) is 3.38. The molecule has 0 spiro atoms. The molecule has 0 bridgehead atoms. The maximum Gasteiger partial charge on any atom is 0.323 e. The van der Waals surface area contributed by atoms with Crippen molar-refractivity contribution in [2.75, 3.05) is 26.4 Å². The number of hydrogen-bond donors (Lipinski definition) is 1. The van der Waals surface area contributed by atoms with Gasteiger partial charge in [-0.05, 0) is 38.0 Å². The SMILES string of the molecule is CCN(CC(=O)O)C(=O)C1CCCN1C(=O)c1ccc2c(c1)OCO2. The Hall–Kier alpha value is -2.77. The van der Waals surface area contributed by atoms with Crippen molar-refractivity contribution >= 4 is 17.8 Å². The van der Waals surface area contributed by atoms with Gasteiger partial charge in [0.1, 0.15) is 12.6 Å². The van der Waals surface area contributed by atoms with Gasteiger partial charge in [0.25, 0.3) is 5.91 Å². The van der Waals surface area contributed by atoms with Gasteiger partial charge in [0, 0.05) is 18.7 Å². The van der Waals surface area contributed by atoms with Crippen LogP contribution in [0.25, 0.3) is 0 Å². The zero-order chi connectivity index (χ0) is 18.0. The lowest BCUT2D eigenvalue weighted by molar-refractivity contribution is -0.146. The maximum absolute atomic E-state index is 12.8. The molecule has 1 unspecified atom stereocenters. The van der Waals surface area contributed by atoms with Gasteiger partial charge < -0.3 is 24.4 Å². The molecule has 0 saturated carbocycles. The van der Waals surface area contributed by atoms with Crippen molar-refractivity contribution in [3.63, 3.8) is 0 Å². The summed E-state index contributed by atoms with van der Waals surface area (Å²) in [6.07, 6.45) is 1.24. The first-order valence-corrected chi connectivity index (χ1v) is 8.22. The van der Waals surface area contributed by atoms with Crippen LogP contribution in [0.1, 0.15) is 30.1 Å². The summed E-state index contributed by atoms with van der Waals surface area (Å²) in [6, 6.07) is 4.30. The topological polar surface area (TPSA) is 96.4 Å². The number of rotatable bonds is 5. The summed E-state index contributed by atoms with van der Waals surface area (Å²) in [4.78, 5) is 39.2. The summed E-state index contributed by atoms with van der Waals surface area (Å²) in [6.45, 7) is 2.23. The molecular weight excluding hydrogens is 328 g/mol. The highest BCUT2D eigenvalue weighted by Gasteiger charge is 2.37. The average Bonchev–Trinajstić information content (AvgIpc) is 3.26. The molecule has 1 N–H and O–H groups in total. The van der Waals surface area contributed by atoms with Gasteiger partial charge in [-0.2, -0.15) is 0 Å². The molecule has 0 aliphatic carbocycles. The number of fused-ring (bicyclic) bond motifs is 1. The van der Waals surface area contributed by atoms with Gasteiger partial charge in [-0.15, -0.1) is 0 Å². The molecule has 1 fully saturated rings. The summed E-state index contributed by atoms with van der Waals surface area (Å²) < 4.78 is 10.5. The summed E-state index contributed by atoms with van der Waals surface area (Å²) >= 11 is 0.